The molecule has 0 saturated heterocycles. The summed E-state index contributed by atoms with van der Waals surface area (Å²) >= 11 is 0. The number of para-hydroxylation sites is 1. The molecule has 0 bridgehead atoms. The molecule has 0 aliphatic heterocycles. The molecule has 0 saturated carbocycles. The molecular formula is C25H22FN5O4. The highest BCUT2D eigenvalue weighted by Crippen LogP contribution is 2.24. The van der Waals surface area contributed by atoms with Gasteiger partial charge in [-0.15, -0.1) is 0 Å². The van der Waals surface area contributed by atoms with Crippen LogP contribution in [-0.2, 0) is 16.1 Å². The van der Waals surface area contributed by atoms with Crippen LogP contribution in [-0.4, -0.2) is 40.6 Å². The average Bonchev–Trinajstić information content (AvgIpc) is 3.56. The van der Waals surface area contributed by atoms with Crippen molar-refractivity contribution in [1.29, 1.82) is 0 Å². The number of furan rings is 1. The summed E-state index contributed by atoms with van der Waals surface area (Å²) in [6, 6.07) is 18.4. The van der Waals surface area contributed by atoms with Gasteiger partial charge in [-0.1, -0.05) is 18.2 Å². The number of aromatic nitrogens is 2. The largest absolute Gasteiger partial charge is 0.459 e. The average molecular weight is 475 g/mol. The zero-order valence-electron chi connectivity index (χ0n) is 18.5. The summed E-state index contributed by atoms with van der Waals surface area (Å²) in [6.45, 7) is -0.428. The molecule has 4 aromatic rings. The van der Waals surface area contributed by atoms with Crippen LogP contribution >= 0.6 is 0 Å². The standard InChI is InChI=1S/C25H22FN5O4/c26-19-10-8-17(9-11-19)24-18(16-31(30-24)20-5-2-1-3-6-20)13-27-22(32)14-28-23(33)15-29-25(34)21-7-4-12-35-21/h1-12,16H,13-15H2,(H,27,32)(H,28,33)(H,29,34). The van der Waals surface area contributed by atoms with E-state index in [2.05, 4.69) is 21.0 Å². The van der Waals surface area contributed by atoms with Gasteiger partial charge in [-0.3, -0.25) is 14.4 Å². The number of hydrogen-bond acceptors (Lipinski definition) is 5. The van der Waals surface area contributed by atoms with Crippen LogP contribution in [0.2, 0.25) is 0 Å². The van der Waals surface area contributed by atoms with Crippen LogP contribution in [0.25, 0.3) is 16.9 Å². The number of rotatable bonds is 9. The fraction of sp³-hybridized carbons (Fsp3) is 0.120. The molecule has 3 amide bonds. The maximum Gasteiger partial charge on any atom is 0.287 e. The normalized spacial score (nSPS) is 10.5. The maximum atomic E-state index is 13.4. The van der Waals surface area contributed by atoms with Gasteiger partial charge in [0.25, 0.3) is 5.91 Å². The molecule has 9 nitrogen and oxygen atoms in total. The molecule has 0 atom stereocenters. The van der Waals surface area contributed by atoms with E-state index in [4.69, 9.17) is 4.42 Å². The Kier molecular flexibility index (Phi) is 7.31. The lowest BCUT2D eigenvalue weighted by Gasteiger charge is -2.08. The number of halogens is 1. The zero-order chi connectivity index (χ0) is 24.6. The van der Waals surface area contributed by atoms with Crippen molar-refractivity contribution in [3.8, 4) is 16.9 Å². The van der Waals surface area contributed by atoms with E-state index < -0.39 is 17.7 Å². The summed E-state index contributed by atoms with van der Waals surface area (Å²) in [7, 11) is 0. The van der Waals surface area contributed by atoms with Crippen LogP contribution in [0, 0.1) is 5.82 Å². The number of benzene rings is 2. The molecular weight excluding hydrogens is 453 g/mol. The highest BCUT2D eigenvalue weighted by atomic mass is 19.1. The molecule has 10 heteroatoms. The molecule has 35 heavy (non-hydrogen) atoms. The highest BCUT2D eigenvalue weighted by molar-refractivity contribution is 5.94. The summed E-state index contributed by atoms with van der Waals surface area (Å²) in [4.78, 5) is 36.0. The van der Waals surface area contributed by atoms with Gasteiger partial charge in [-0.2, -0.15) is 5.10 Å². The van der Waals surface area contributed by atoms with Crippen molar-refractivity contribution in [2.75, 3.05) is 13.1 Å². The molecule has 0 radical (unpaired) electrons. The van der Waals surface area contributed by atoms with E-state index in [1.807, 2.05) is 30.3 Å². The third kappa shape index (κ3) is 6.20. The summed E-state index contributed by atoms with van der Waals surface area (Å²) in [5.74, 6) is -1.75. The summed E-state index contributed by atoms with van der Waals surface area (Å²) in [5, 5.41) is 12.2. The fourth-order valence-electron chi connectivity index (χ4n) is 3.26. The van der Waals surface area contributed by atoms with Crippen molar-refractivity contribution in [3.63, 3.8) is 0 Å². The lowest BCUT2D eigenvalue weighted by atomic mass is 10.1. The van der Waals surface area contributed by atoms with Gasteiger partial charge in [0.1, 0.15) is 5.82 Å². The molecule has 0 fully saturated rings. The van der Waals surface area contributed by atoms with Gasteiger partial charge in [0.15, 0.2) is 5.76 Å². The molecule has 178 valence electrons. The minimum absolute atomic E-state index is 0.0866. The molecule has 2 aromatic carbocycles. The number of carbonyl (C=O) groups excluding carboxylic acids is 3. The number of amides is 3. The molecule has 0 aliphatic carbocycles. The van der Waals surface area contributed by atoms with Gasteiger partial charge >= 0.3 is 0 Å². The lowest BCUT2D eigenvalue weighted by Crippen LogP contribution is -2.41. The second-order valence-corrected chi connectivity index (χ2v) is 7.50. The molecule has 2 heterocycles. The van der Waals surface area contributed by atoms with Gasteiger partial charge < -0.3 is 20.4 Å². The SMILES string of the molecule is O=C(CNC(=O)CNC(=O)c1ccco1)NCc1cn(-c2ccccc2)nc1-c1ccc(F)cc1. The van der Waals surface area contributed by atoms with E-state index in [-0.39, 0.29) is 31.2 Å². The highest BCUT2D eigenvalue weighted by Gasteiger charge is 2.15. The van der Waals surface area contributed by atoms with Crippen LogP contribution in [0.3, 0.4) is 0 Å². The van der Waals surface area contributed by atoms with Crippen LogP contribution in [0.5, 0.6) is 0 Å². The first-order valence-electron chi connectivity index (χ1n) is 10.7. The van der Waals surface area contributed by atoms with Crippen LogP contribution in [0.4, 0.5) is 4.39 Å². The minimum Gasteiger partial charge on any atom is -0.459 e. The number of nitrogens with one attached hydrogen (secondary N) is 3. The summed E-state index contributed by atoms with van der Waals surface area (Å²) in [5.41, 5.74) is 2.84. The predicted octanol–water partition coefficient (Wildman–Crippen LogP) is 2.43. The van der Waals surface area contributed by atoms with E-state index in [9.17, 15) is 18.8 Å². The first-order chi connectivity index (χ1) is 17.0. The number of hydrogen-bond donors (Lipinski definition) is 3. The van der Waals surface area contributed by atoms with Crippen LogP contribution in [0.15, 0.2) is 83.6 Å². The Labute approximate surface area is 199 Å². The first-order valence-corrected chi connectivity index (χ1v) is 10.7. The van der Waals surface area contributed by atoms with Gasteiger partial charge in [0, 0.05) is 23.9 Å². The third-order valence-electron chi connectivity index (χ3n) is 5.01. The van der Waals surface area contributed by atoms with E-state index in [0.29, 0.717) is 16.8 Å². The van der Waals surface area contributed by atoms with Crippen molar-refractivity contribution < 1.29 is 23.2 Å². The van der Waals surface area contributed by atoms with Crippen LogP contribution < -0.4 is 16.0 Å². The zero-order valence-corrected chi connectivity index (χ0v) is 18.5. The topological polar surface area (TPSA) is 118 Å². The monoisotopic (exact) mass is 475 g/mol. The van der Waals surface area contributed by atoms with E-state index in [1.54, 1.807) is 29.1 Å². The molecule has 4 rings (SSSR count). The van der Waals surface area contributed by atoms with Gasteiger partial charge in [-0.25, -0.2) is 9.07 Å². The lowest BCUT2D eigenvalue weighted by molar-refractivity contribution is -0.125. The summed E-state index contributed by atoms with van der Waals surface area (Å²) in [6.07, 6.45) is 3.14. The molecule has 3 N–H and O–H groups in total. The molecule has 0 aliphatic rings. The third-order valence-corrected chi connectivity index (χ3v) is 5.01. The number of carbonyl (C=O) groups is 3. The fourth-order valence-corrected chi connectivity index (χ4v) is 3.26. The van der Waals surface area contributed by atoms with Crippen molar-refractivity contribution in [3.05, 3.63) is 96.3 Å². The van der Waals surface area contributed by atoms with Crippen molar-refractivity contribution in [1.82, 2.24) is 25.7 Å². The predicted molar refractivity (Wildman–Crippen MR) is 125 cm³/mol. The minimum atomic E-state index is -0.529. The molecule has 2 aromatic heterocycles. The van der Waals surface area contributed by atoms with E-state index in [1.165, 1.54) is 24.5 Å². The quantitative estimate of drug-likeness (QED) is 0.344. The second kappa shape index (κ2) is 10.9. The van der Waals surface area contributed by atoms with E-state index >= 15 is 0 Å². The molecule has 0 unspecified atom stereocenters. The Morgan fingerprint density at radius 2 is 1.57 bits per heavy atom. The Morgan fingerprint density at radius 3 is 2.29 bits per heavy atom. The Balaban J connectivity index is 1.35. The van der Waals surface area contributed by atoms with Crippen molar-refractivity contribution in [2.24, 2.45) is 0 Å². The van der Waals surface area contributed by atoms with Gasteiger partial charge in [0.2, 0.25) is 11.8 Å². The molecule has 0 spiro atoms. The smallest absolute Gasteiger partial charge is 0.287 e. The number of nitrogens with zero attached hydrogens (tertiary/aromatic N) is 2. The van der Waals surface area contributed by atoms with Crippen LogP contribution in [0.1, 0.15) is 16.1 Å². The Morgan fingerprint density at radius 1 is 0.857 bits per heavy atom. The van der Waals surface area contributed by atoms with Gasteiger partial charge in [-0.05, 0) is 48.5 Å². The Bertz CT molecular complexity index is 1300. The maximum absolute atomic E-state index is 13.4. The van der Waals surface area contributed by atoms with Crippen molar-refractivity contribution >= 4 is 17.7 Å². The summed E-state index contributed by atoms with van der Waals surface area (Å²) < 4.78 is 20.0. The van der Waals surface area contributed by atoms with Crippen molar-refractivity contribution in [2.45, 2.75) is 6.54 Å². The van der Waals surface area contributed by atoms with E-state index in [0.717, 1.165) is 5.69 Å². The second-order valence-electron chi connectivity index (χ2n) is 7.50. The Hall–Kier alpha value is -4.73. The van der Waals surface area contributed by atoms with Gasteiger partial charge in [0.05, 0.1) is 30.7 Å². The first kappa shape index (κ1) is 23.4.